The molecule has 0 bridgehead atoms. The molecule has 0 aliphatic heterocycles. The molecule has 0 radical (unpaired) electrons. The minimum absolute atomic E-state index is 0.348. The summed E-state index contributed by atoms with van der Waals surface area (Å²) in [5.41, 5.74) is 1.08. The van der Waals surface area contributed by atoms with Crippen molar-refractivity contribution in [3.63, 3.8) is 0 Å². The van der Waals surface area contributed by atoms with Gasteiger partial charge in [0.1, 0.15) is 11.4 Å². The van der Waals surface area contributed by atoms with Crippen LogP contribution in [0.3, 0.4) is 0 Å². The Morgan fingerprint density at radius 3 is 2.75 bits per heavy atom. The Kier molecular flexibility index (Phi) is 3.92. The number of nitrogens with one attached hydrogen (secondary N) is 1. The van der Waals surface area contributed by atoms with Crippen LogP contribution >= 0.6 is 0 Å². The van der Waals surface area contributed by atoms with Gasteiger partial charge in [-0.25, -0.2) is 18.7 Å². The molecule has 3 rings (SSSR count). The quantitative estimate of drug-likeness (QED) is 0.775. The highest BCUT2D eigenvalue weighted by Gasteiger charge is 2.16. The van der Waals surface area contributed by atoms with E-state index < -0.39 is 11.7 Å². The van der Waals surface area contributed by atoms with E-state index in [-0.39, 0.29) is 5.82 Å². The molecule has 2 heterocycles. The van der Waals surface area contributed by atoms with Gasteiger partial charge < -0.3 is 4.74 Å². The van der Waals surface area contributed by atoms with E-state index in [9.17, 15) is 9.18 Å². The second-order valence-corrected chi connectivity index (χ2v) is 6.29. The van der Waals surface area contributed by atoms with E-state index in [0.29, 0.717) is 22.7 Å². The second-order valence-electron chi connectivity index (χ2n) is 6.29. The summed E-state index contributed by atoms with van der Waals surface area (Å²) in [6.45, 7) is 5.37. The Bertz CT molecular complexity index is 899. The third kappa shape index (κ3) is 3.68. The van der Waals surface area contributed by atoms with Crippen LogP contribution in [0.1, 0.15) is 20.8 Å². The summed E-state index contributed by atoms with van der Waals surface area (Å²) >= 11 is 0. The minimum atomic E-state index is -0.576. The van der Waals surface area contributed by atoms with Crippen LogP contribution in [0.15, 0.2) is 42.6 Å². The monoisotopic (exact) mass is 328 g/mol. The number of ether oxygens (including phenoxy) is 1. The summed E-state index contributed by atoms with van der Waals surface area (Å²) in [7, 11) is 0. The largest absolute Gasteiger partial charge is 0.444 e. The smallest absolute Gasteiger partial charge is 0.412 e. The standard InChI is InChI=1S/C17H17FN4O2/c1-17(2,3)24-16(23)19-13-7-8-22-14(10-13)20-15(21-22)11-5-4-6-12(18)9-11/h4-10H,1-3H3,(H,19,23). The first-order valence-electron chi connectivity index (χ1n) is 7.42. The lowest BCUT2D eigenvalue weighted by Crippen LogP contribution is -2.27. The van der Waals surface area contributed by atoms with Crippen molar-refractivity contribution < 1.29 is 13.9 Å². The number of hydrogen-bond acceptors (Lipinski definition) is 4. The number of carbonyl (C=O) groups is 1. The molecular weight excluding hydrogens is 311 g/mol. The van der Waals surface area contributed by atoms with E-state index in [1.165, 1.54) is 12.1 Å². The molecule has 1 amide bonds. The first kappa shape index (κ1) is 15.9. The van der Waals surface area contributed by atoms with Gasteiger partial charge in [-0.1, -0.05) is 12.1 Å². The molecular formula is C17H17FN4O2. The van der Waals surface area contributed by atoms with Crippen LogP contribution in [0.25, 0.3) is 17.0 Å². The van der Waals surface area contributed by atoms with Crippen molar-refractivity contribution in [1.82, 2.24) is 14.6 Å². The predicted molar refractivity (Wildman–Crippen MR) is 88.2 cm³/mol. The van der Waals surface area contributed by atoms with E-state index in [4.69, 9.17) is 4.74 Å². The third-order valence-electron chi connectivity index (χ3n) is 3.07. The van der Waals surface area contributed by atoms with Crippen molar-refractivity contribution in [2.24, 2.45) is 0 Å². The van der Waals surface area contributed by atoms with E-state index >= 15 is 0 Å². The maximum absolute atomic E-state index is 13.3. The summed E-state index contributed by atoms with van der Waals surface area (Å²) in [5.74, 6) is 0.0579. The molecule has 0 unspecified atom stereocenters. The highest BCUT2D eigenvalue weighted by Crippen LogP contribution is 2.19. The summed E-state index contributed by atoms with van der Waals surface area (Å²) in [6.07, 6.45) is 1.12. The molecule has 3 aromatic rings. The number of aromatic nitrogens is 3. The molecule has 0 saturated carbocycles. The van der Waals surface area contributed by atoms with Crippen LogP contribution in [0.2, 0.25) is 0 Å². The predicted octanol–water partition coefficient (Wildman–Crippen LogP) is 3.88. The summed E-state index contributed by atoms with van der Waals surface area (Å²) < 4.78 is 20.1. The molecule has 1 N–H and O–H groups in total. The van der Waals surface area contributed by atoms with Crippen LogP contribution in [-0.4, -0.2) is 26.3 Å². The van der Waals surface area contributed by atoms with Crippen LogP contribution in [0.4, 0.5) is 14.9 Å². The van der Waals surface area contributed by atoms with Crippen molar-refractivity contribution >= 4 is 17.4 Å². The number of halogens is 1. The number of pyridine rings is 1. The maximum Gasteiger partial charge on any atom is 0.412 e. The molecule has 6 nitrogen and oxygen atoms in total. The van der Waals surface area contributed by atoms with Gasteiger partial charge in [-0.2, -0.15) is 0 Å². The highest BCUT2D eigenvalue weighted by atomic mass is 19.1. The lowest BCUT2D eigenvalue weighted by Gasteiger charge is -2.19. The van der Waals surface area contributed by atoms with Crippen LogP contribution in [0.5, 0.6) is 0 Å². The van der Waals surface area contributed by atoms with E-state index in [1.807, 2.05) is 0 Å². The number of rotatable bonds is 2. The molecule has 0 aliphatic rings. The zero-order valence-electron chi connectivity index (χ0n) is 13.6. The van der Waals surface area contributed by atoms with Gasteiger partial charge >= 0.3 is 6.09 Å². The SMILES string of the molecule is CC(C)(C)OC(=O)Nc1ccn2nc(-c3cccc(F)c3)nc2c1. The Balaban J connectivity index is 1.85. The van der Waals surface area contributed by atoms with Crippen molar-refractivity contribution in [2.75, 3.05) is 5.32 Å². The zero-order chi connectivity index (χ0) is 17.3. The van der Waals surface area contributed by atoms with Crippen molar-refractivity contribution in [1.29, 1.82) is 0 Å². The van der Waals surface area contributed by atoms with E-state index in [1.54, 1.807) is 55.7 Å². The fourth-order valence-corrected chi connectivity index (χ4v) is 2.13. The maximum atomic E-state index is 13.3. The third-order valence-corrected chi connectivity index (χ3v) is 3.07. The molecule has 2 aromatic heterocycles. The molecule has 24 heavy (non-hydrogen) atoms. The number of carbonyl (C=O) groups excluding carboxylic acids is 1. The number of amides is 1. The van der Waals surface area contributed by atoms with Gasteiger partial charge in [-0.3, -0.25) is 5.32 Å². The first-order chi connectivity index (χ1) is 11.3. The van der Waals surface area contributed by atoms with Crippen molar-refractivity contribution in [3.05, 3.63) is 48.4 Å². The van der Waals surface area contributed by atoms with Gasteiger partial charge in [-0.15, -0.1) is 5.10 Å². The normalized spacial score (nSPS) is 11.5. The number of nitrogens with zero attached hydrogens (tertiary/aromatic N) is 3. The van der Waals surface area contributed by atoms with E-state index in [2.05, 4.69) is 15.4 Å². The van der Waals surface area contributed by atoms with Crippen LogP contribution < -0.4 is 5.32 Å². The number of anilines is 1. The van der Waals surface area contributed by atoms with Gasteiger partial charge in [0, 0.05) is 23.5 Å². The molecule has 124 valence electrons. The second kappa shape index (κ2) is 5.92. The average molecular weight is 328 g/mol. The molecule has 1 aromatic carbocycles. The van der Waals surface area contributed by atoms with Gasteiger partial charge in [0.25, 0.3) is 0 Å². The van der Waals surface area contributed by atoms with Gasteiger partial charge in [-0.05, 0) is 39.0 Å². The molecule has 0 saturated heterocycles. The Morgan fingerprint density at radius 2 is 2.04 bits per heavy atom. The summed E-state index contributed by atoms with van der Waals surface area (Å²) in [4.78, 5) is 16.2. The molecule has 0 atom stereocenters. The minimum Gasteiger partial charge on any atom is -0.444 e. The zero-order valence-corrected chi connectivity index (χ0v) is 13.6. The number of fused-ring (bicyclic) bond motifs is 1. The fraction of sp³-hybridized carbons (Fsp3) is 0.235. The molecule has 0 aliphatic carbocycles. The Morgan fingerprint density at radius 1 is 1.25 bits per heavy atom. The fourth-order valence-electron chi connectivity index (χ4n) is 2.13. The number of benzene rings is 1. The topological polar surface area (TPSA) is 68.5 Å². The molecule has 0 spiro atoms. The first-order valence-corrected chi connectivity index (χ1v) is 7.42. The summed E-state index contributed by atoms with van der Waals surface area (Å²) in [6, 6.07) is 9.42. The van der Waals surface area contributed by atoms with E-state index in [0.717, 1.165) is 0 Å². The van der Waals surface area contributed by atoms with Crippen molar-refractivity contribution in [3.8, 4) is 11.4 Å². The lowest BCUT2D eigenvalue weighted by molar-refractivity contribution is 0.0636. The highest BCUT2D eigenvalue weighted by molar-refractivity contribution is 5.85. The average Bonchev–Trinajstić information content (AvgIpc) is 2.88. The molecule has 0 fully saturated rings. The summed E-state index contributed by atoms with van der Waals surface area (Å²) in [5, 5.41) is 6.95. The van der Waals surface area contributed by atoms with Crippen molar-refractivity contribution in [2.45, 2.75) is 26.4 Å². The van der Waals surface area contributed by atoms with Gasteiger partial charge in [0.2, 0.25) is 0 Å². The Labute approximate surface area is 138 Å². The van der Waals surface area contributed by atoms with Crippen LogP contribution in [0, 0.1) is 5.82 Å². The lowest BCUT2D eigenvalue weighted by atomic mass is 10.2. The number of hydrogen-bond donors (Lipinski definition) is 1. The van der Waals surface area contributed by atoms with Gasteiger partial charge in [0.15, 0.2) is 11.5 Å². The van der Waals surface area contributed by atoms with Gasteiger partial charge in [0.05, 0.1) is 0 Å². The van der Waals surface area contributed by atoms with Crippen LogP contribution in [-0.2, 0) is 4.74 Å². The Hall–Kier alpha value is -2.96. The molecule has 7 heteroatoms.